The summed E-state index contributed by atoms with van der Waals surface area (Å²) in [5, 5.41) is 10.5. The smallest absolute Gasteiger partial charge is 0.188 e. The van der Waals surface area contributed by atoms with E-state index in [-0.39, 0.29) is 6.04 Å². The Morgan fingerprint density at radius 3 is 2.79 bits per heavy atom. The summed E-state index contributed by atoms with van der Waals surface area (Å²) in [5.74, 6) is 0.802. The summed E-state index contributed by atoms with van der Waals surface area (Å²) in [6.45, 7) is 2.11. The van der Waals surface area contributed by atoms with E-state index in [4.69, 9.17) is 0 Å². The molecule has 6 heteroatoms. The predicted molar refractivity (Wildman–Crippen MR) is 75.7 cm³/mol. The molecule has 96 valence electrons. The molecule has 0 aliphatic rings. The lowest BCUT2D eigenvalue weighted by molar-refractivity contribution is 0.566. The first kappa shape index (κ1) is 11.9. The van der Waals surface area contributed by atoms with Gasteiger partial charge in [0.2, 0.25) is 0 Å². The summed E-state index contributed by atoms with van der Waals surface area (Å²) < 4.78 is 1.92. The Labute approximate surface area is 115 Å². The standard InChI is InChI=1S/C13H13N5S/c1-10(11-2-5-14-6-3-11)18-8-4-12(17-18)16-13-15-7-9-19-13/h2-10H,1H3,(H,15,16,17). The number of anilines is 2. The Kier molecular flexibility index (Phi) is 3.24. The van der Waals surface area contributed by atoms with Crippen molar-refractivity contribution in [1.82, 2.24) is 19.7 Å². The Morgan fingerprint density at radius 1 is 1.21 bits per heavy atom. The van der Waals surface area contributed by atoms with Crippen molar-refractivity contribution >= 4 is 22.3 Å². The second-order valence-corrected chi connectivity index (χ2v) is 4.99. The molecule has 0 saturated heterocycles. The fraction of sp³-hybridized carbons (Fsp3) is 0.154. The van der Waals surface area contributed by atoms with Gasteiger partial charge in [-0.15, -0.1) is 11.3 Å². The first-order chi connectivity index (χ1) is 9.33. The highest BCUT2D eigenvalue weighted by atomic mass is 32.1. The summed E-state index contributed by atoms with van der Waals surface area (Å²) >= 11 is 1.55. The Balaban J connectivity index is 1.78. The predicted octanol–water partition coefficient (Wildman–Crippen LogP) is 3.09. The lowest BCUT2D eigenvalue weighted by Gasteiger charge is -2.11. The van der Waals surface area contributed by atoms with Crippen LogP contribution in [0.15, 0.2) is 48.4 Å². The van der Waals surface area contributed by atoms with E-state index in [9.17, 15) is 0 Å². The highest BCUT2D eigenvalue weighted by Crippen LogP contribution is 2.20. The Bertz CT molecular complexity index is 632. The third-order valence-electron chi connectivity index (χ3n) is 2.86. The molecular weight excluding hydrogens is 258 g/mol. The van der Waals surface area contributed by atoms with Crippen LogP contribution in [0.4, 0.5) is 10.9 Å². The number of nitrogens with zero attached hydrogens (tertiary/aromatic N) is 4. The molecule has 3 heterocycles. The molecule has 0 saturated carbocycles. The Morgan fingerprint density at radius 2 is 2.05 bits per heavy atom. The van der Waals surface area contributed by atoms with E-state index in [0.29, 0.717) is 0 Å². The SMILES string of the molecule is CC(c1ccncc1)n1ccc(Nc2nccs2)n1. The van der Waals surface area contributed by atoms with Crippen LogP contribution in [0.2, 0.25) is 0 Å². The van der Waals surface area contributed by atoms with Crippen LogP contribution >= 0.6 is 11.3 Å². The van der Waals surface area contributed by atoms with E-state index >= 15 is 0 Å². The van der Waals surface area contributed by atoms with Gasteiger partial charge in [0.05, 0.1) is 6.04 Å². The maximum absolute atomic E-state index is 4.51. The summed E-state index contributed by atoms with van der Waals surface area (Å²) in [4.78, 5) is 8.20. The van der Waals surface area contributed by atoms with Gasteiger partial charge >= 0.3 is 0 Å². The van der Waals surface area contributed by atoms with E-state index in [1.165, 1.54) is 5.56 Å². The number of hydrogen-bond donors (Lipinski definition) is 1. The van der Waals surface area contributed by atoms with Gasteiger partial charge in [-0.05, 0) is 24.6 Å². The van der Waals surface area contributed by atoms with Crippen LogP contribution in [0, 0.1) is 0 Å². The van der Waals surface area contributed by atoms with Gasteiger partial charge in [-0.3, -0.25) is 9.67 Å². The minimum absolute atomic E-state index is 0.176. The molecule has 0 spiro atoms. The molecule has 0 fully saturated rings. The first-order valence-corrected chi connectivity index (χ1v) is 6.82. The molecule has 0 bridgehead atoms. The molecule has 1 atom stereocenters. The van der Waals surface area contributed by atoms with Gasteiger partial charge in [-0.1, -0.05) is 0 Å². The van der Waals surface area contributed by atoms with Gasteiger partial charge in [0.15, 0.2) is 10.9 Å². The van der Waals surface area contributed by atoms with Gasteiger partial charge in [0.1, 0.15) is 0 Å². The number of nitrogens with one attached hydrogen (secondary N) is 1. The Hall–Kier alpha value is -2.21. The highest BCUT2D eigenvalue weighted by molar-refractivity contribution is 7.13. The molecule has 0 radical (unpaired) electrons. The van der Waals surface area contributed by atoms with Crippen molar-refractivity contribution in [2.75, 3.05) is 5.32 Å². The lowest BCUT2D eigenvalue weighted by atomic mass is 10.1. The molecule has 1 unspecified atom stereocenters. The lowest BCUT2D eigenvalue weighted by Crippen LogP contribution is -2.07. The molecule has 1 N–H and O–H groups in total. The molecule has 5 nitrogen and oxygen atoms in total. The summed E-state index contributed by atoms with van der Waals surface area (Å²) in [6.07, 6.45) is 7.32. The second kappa shape index (κ2) is 5.19. The molecule has 3 aromatic heterocycles. The molecule has 3 rings (SSSR count). The number of hydrogen-bond acceptors (Lipinski definition) is 5. The molecule has 0 aliphatic carbocycles. The quantitative estimate of drug-likeness (QED) is 0.792. The van der Waals surface area contributed by atoms with Crippen molar-refractivity contribution in [2.24, 2.45) is 0 Å². The number of rotatable bonds is 4. The third-order valence-corrected chi connectivity index (χ3v) is 3.55. The zero-order valence-corrected chi connectivity index (χ0v) is 11.2. The maximum atomic E-state index is 4.51. The fourth-order valence-electron chi connectivity index (χ4n) is 1.81. The first-order valence-electron chi connectivity index (χ1n) is 5.94. The third kappa shape index (κ3) is 2.63. The normalized spacial score (nSPS) is 12.3. The van der Waals surface area contributed by atoms with Crippen molar-refractivity contribution in [3.05, 3.63) is 53.9 Å². The van der Waals surface area contributed by atoms with Gasteiger partial charge in [-0.25, -0.2) is 4.98 Å². The maximum Gasteiger partial charge on any atom is 0.188 e. The second-order valence-electron chi connectivity index (χ2n) is 4.10. The number of aromatic nitrogens is 4. The molecule has 0 aromatic carbocycles. The largest absolute Gasteiger partial charge is 0.315 e. The minimum atomic E-state index is 0.176. The monoisotopic (exact) mass is 271 g/mol. The topological polar surface area (TPSA) is 55.6 Å². The minimum Gasteiger partial charge on any atom is -0.315 e. The summed E-state index contributed by atoms with van der Waals surface area (Å²) in [7, 11) is 0. The van der Waals surface area contributed by atoms with Crippen LogP contribution in [0.3, 0.4) is 0 Å². The molecular formula is C13H13N5S. The van der Waals surface area contributed by atoms with Gasteiger partial charge in [-0.2, -0.15) is 5.10 Å². The summed E-state index contributed by atoms with van der Waals surface area (Å²) in [6, 6.07) is 6.12. The van der Waals surface area contributed by atoms with Gasteiger partial charge < -0.3 is 5.32 Å². The highest BCUT2D eigenvalue weighted by Gasteiger charge is 2.09. The average Bonchev–Trinajstić information content (AvgIpc) is 3.11. The summed E-state index contributed by atoms with van der Waals surface area (Å²) in [5.41, 5.74) is 1.18. The van der Waals surface area contributed by atoms with Crippen molar-refractivity contribution in [3.8, 4) is 0 Å². The molecule has 19 heavy (non-hydrogen) atoms. The van der Waals surface area contributed by atoms with Crippen LogP contribution in [-0.2, 0) is 0 Å². The van der Waals surface area contributed by atoms with Crippen LogP contribution in [0.5, 0.6) is 0 Å². The van der Waals surface area contributed by atoms with Gasteiger partial charge in [0, 0.05) is 36.2 Å². The van der Waals surface area contributed by atoms with Crippen molar-refractivity contribution in [3.63, 3.8) is 0 Å². The average molecular weight is 271 g/mol. The molecule has 0 amide bonds. The molecule has 3 aromatic rings. The van der Waals surface area contributed by atoms with Crippen LogP contribution in [0.25, 0.3) is 0 Å². The zero-order chi connectivity index (χ0) is 13.1. The van der Waals surface area contributed by atoms with Crippen molar-refractivity contribution < 1.29 is 0 Å². The number of thiazole rings is 1. The van der Waals surface area contributed by atoms with E-state index in [1.54, 1.807) is 29.9 Å². The van der Waals surface area contributed by atoms with E-state index in [1.807, 2.05) is 34.5 Å². The van der Waals surface area contributed by atoms with E-state index in [0.717, 1.165) is 10.9 Å². The van der Waals surface area contributed by atoms with Crippen LogP contribution in [-0.4, -0.2) is 19.7 Å². The fourth-order valence-corrected chi connectivity index (χ4v) is 2.35. The van der Waals surface area contributed by atoms with E-state index < -0.39 is 0 Å². The van der Waals surface area contributed by atoms with Crippen molar-refractivity contribution in [2.45, 2.75) is 13.0 Å². The van der Waals surface area contributed by atoms with E-state index in [2.05, 4.69) is 27.3 Å². The zero-order valence-electron chi connectivity index (χ0n) is 10.4. The van der Waals surface area contributed by atoms with Crippen LogP contribution < -0.4 is 5.32 Å². The molecule has 0 aliphatic heterocycles. The van der Waals surface area contributed by atoms with Gasteiger partial charge in [0.25, 0.3) is 0 Å². The number of pyridine rings is 1. The van der Waals surface area contributed by atoms with Crippen molar-refractivity contribution in [1.29, 1.82) is 0 Å². The van der Waals surface area contributed by atoms with Crippen LogP contribution in [0.1, 0.15) is 18.5 Å².